The van der Waals surface area contributed by atoms with Crippen molar-refractivity contribution in [2.45, 2.75) is 32.8 Å². The van der Waals surface area contributed by atoms with Gasteiger partial charge in [-0.25, -0.2) is 0 Å². The summed E-state index contributed by atoms with van der Waals surface area (Å²) in [6, 6.07) is 9.00. The van der Waals surface area contributed by atoms with E-state index in [0.717, 1.165) is 18.4 Å². The van der Waals surface area contributed by atoms with Crippen molar-refractivity contribution >= 4 is 17.6 Å². The number of carbonyl (C=O) groups excluding carboxylic acids is 2. The highest BCUT2D eigenvalue weighted by Crippen LogP contribution is 2.17. The Morgan fingerprint density at radius 2 is 2.12 bits per heavy atom. The molecule has 0 radical (unpaired) electrons. The number of hydrogen-bond acceptors (Lipinski definition) is 5. The first-order valence-electron chi connectivity index (χ1n) is 8.72. The number of aromatic nitrogens is 1. The number of anilines is 1. The maximum absolute atomic E-state index is 13.0. The van der Waals surface area contributed by atoms with Gasteiger partial charge in [-0.1, -0.05) is 23.4 Å². The van der Waals surface area contributed by atoms with Crippen LogP contribution in [0.3, 0.4) is 0 Å². The number of benzene rings is 1. The first kappa shape index (κ1) is 18.1. The van der Waals surface area contributed by atoms with Crippen molar-refractivity contribution in [2.24, 2.45) is 0 Å². The van der Waals surface area contributed by atoms with E-state index in [1.165, 1.54) is 0 Å². The number of rotatable bonds is 6. The van der Waals surface area contributed by atoms with Crippen LogP contribution >= 0.6 is 0 Å². The van der Waals surface area contributed by atoms with Gasteiger partial charge in [-0.2, -0.15) is 0 Å². The maximum atomic E-state index is 13.0. The molecule has 0 aliphatic carbocycles. The van der Waals surface area contributed by atoms with Crippen LogP contribution in [-0.2, 0) is 9.53 Å². The smallest absolute Gasteiger partial charge is 0.254 e. The topological polar surface area (TPSA) is 84.7 Å². The van der Waals surface area contributed by atoms with Gasteiger partial charge < -0.3 is 19.5 Å². The van der Waals surface area contributed by atoms with E-state index in [1.807, 2.05) is 25.1 Å². The molecular weight excluding hydrogens is 334 g/mol. The molecule has 2 heterocycles. The number of ether oxygens (including phenoxy) is 1. The van der Waals surface area contributed by atoms with E-state index in [1.54, 1.807) is 24.0 Å². The average molecular weight is 357 g/mol. The van der Waals surface area contributed by atoms with Gasteiger partial charge in [0.15, 0.2) is 5.82 Å². The average Bonchev–Trinajstić information content (AvgIpc) is 3.26. The minimum Gasteiger partial charge on any atom is -0.376 e. The molecule has 1 unspecified atom stereocenters. The van der Waals surface area contributed by atoms with Gasteiger partial charge in [0.1, 0.15) is 12.3 Å². The molecule has 7 heteroatoms. The van der Waals surface area contributed by atoms with Crippen molar-refractivity contribution < 1.29 is 18.8 Å². The molecule has 0 bridgehead atoms. The summed E-state index contributed by atoms with van der Waals surface area (Å²) in [7, 11) is 0. The normalized spacial score (nSPS) is 16.5. The molecule has 2 amide bonds. The molecule has 1 aromatic carbocycles. The number of aryl methyl sites for hydroxylation is 2. The summed E-state index contributed by atoms with van der Waals surface area (Å²) >= 11 is 0. The zero-order chi connectivity index (χ0) is 18.5. The SMILES string of the molecule is Cc1cc(NC(=O)CN(CC2CCCO2)C(=O)c2ccccc2C)no1. The molecule has 0 saturated carbocycles. The molecular formula is C19H23N3O4. The Morgan fingerprint density at radius 1 is 1.31 bits per heavy atom. The molecule has 1 aliphatic rings. The van der Waals surface area contributed by atoms with Crippen LogP contribution in [0.5, 0.6) is 0 Å². The van der Waals surface area contributed by atoms with E-state index in [9.17, 15) is 9.59 Å². The fourth-order valence-electron chi connectivity index (χ4n) is 3.02. The first-order chi connectivity index (χ1) is 12.5. The number of nitrogens with zero attached hydrogens (tertiary/aromatic N) is 2. The molecule has 7 nitrogen and oxygen atoms in total. The minimum absolute atomic E-state index is 0.0370. The van der Waals surface area contributed by atoms with Gasteiger partial charge >= 0.3 is 0 Å². The van der Waals surface area contributed by atoms with Gasteiger partial charge in [0.05, 0.1) is 6.10 Å². The monoisotopic (exact) mass is 357 g/mol. The van der Waals surface area contributed by atoms with Crippen LogP contribution in [0.1, 0.15) is 34.5 Å². The molecule has 2 aromatic rings. The zero-order valence-electron chi connectivity index (χ0n) is 15.0. The van der Waals surface area contributed by atoms with Gasteiger partial charge in [-0.3, -0.25) is 9.59 Å². The summed E-state index contributed by atoms with van der Waals surface area (Å²) in [5.74, 6) is 0.448. The summed E-state index contributed by atoms with van der Waals surface area (Å²) in [4.78, 5) is 26.9. The van der Waals surface area contributed by atoms with E-state index in [-0.39, 0.29) is 24.5 Å². The highest BCUT2D eigenvalue weighted by molar-refractivity contribution is 5.99. The molecule has 0 spiro atoms. The van der Waals surface area contributed by atoms with Crippen LogP contribution in [0.25, 0.3) is 0 Å². The molecule has 1 saturated heterocycles. The van der Waals surface area contributed by atoms with Gasteiger partial charge in [-0.15, -0.1) is 0 Å². The lowest BCUT2D eigenvalue weighted by atomic mass is 10.1. The predicted molar refractivity (Wildman–Crippen MR) is 95.9 cm³/mol. The molecule has 3 rings (SSSR count). The summed E-state index contributed by atoms with van der Waals surface area (Å²) in [5, 5.41) is 6.41. The fraction of sp³-hybridized carbons (Fsp3) is 0.421. The Bertz CT molecular complexity index is 781. The Balaban J connectivity index is 1.72. The molecule has 1 aromatic heterocycles. The zero-order valence-corrected chi connectivity index (χ0v) is 15.0. The van der Waals surface area contributed by atoms with Crippen molar-refractivity contribution in [1.29, 1.82) is 0 Å². The third kappa shape index (κ3) is 4.49. The summed E-state index contributed by atoms with van der Waals surface area (Å²) in [6.07, 6.45) is 1.83. The number of hydrogen-bond donors (Lipinski definition) is 1. The number of nitrogens with one attached hydrogen (secondary N) is 1. The van der Waals surface area contributed by atoms with Gasteiger partial charge in [0, 0.05) is 24.8 Å². The second kappa shape index (κ2) is 8.14. The molecule has 1 fully saturated rings. The van der Waals surface area contributed by atoms with Crippen LogP contribution in [0, 0.1) is 13.8 Å². The first-order valence-corrected chi connectivity index (χ1v) is 8.72. The van der Waals surface area contributed by atoms with Crippen molar-refractivity contribution in [1.82, 2.24) is 10.1 Å². The lowest BCUT2D eigenvalue weighted by Gasteiger charge is -2.25. The highest BCUT2D eigenvalue weighted by Gasteiger charge is 2.26. The third-order valence-electron chi connectivity index (χ3n) is 4.34. The molecule has 1 aliphatic heterocycles. The molecule has 1 atom stereocenters. The summed E-state index contributed by atoms with van der Waals surface area (Å²) in [6.45, 7) is 4.64. The van der Waals surface area contributed by atoms with Crippen LogP contribution < -0.4 is 5.32 Å². The van der Waals surface area contributed by atoms with Crippen molar-refractivity contribution in [2.75, 3.05) is 25.0 Å². The van der Waals surface area contributed by atoms with Crippen LogP contribution in [0.15, 0.2) is 34.9 Å². The van der Waals surface area contributed by atoms with E-state index in [0.29, 0.717) is 30.3 Å². The third-order valence-corrected chi connectivity index (χ3v) is 4.34. The van der Waals surface area contributed by atoms with Gasteiger partial charge in [0.2, 0.25) is 5.91 Å². The lowest BCUT2D eigenvalue weighted by Crippen LogP contribution is -2.42. The predicted octanol–water partition coefficient (Wildman–Crippen LogP) is 2.55. The van der Waals surface area contributed by atoms with E-state index in [4.69, 9.17) is 9.26 Å². The molecule has 26 heavy (non-hydrogen) atoms. The van der Waals surface area contributed by atoms with Gasteiger partial charge in [-0.05, 0) is 38.3 Å². The minimum atomic E-state index is -0.321. The lowest BCUT2D eigenvalue weighted by molar-refractivity contribution is -0.117. The molecule has 138 valence electrons. The summed E-state index contributed by atoms with van der Waals surface area (Å²) < 4.78 is 10.6. The Morgan fingerprint density at radius 3 is 2.77 bits per heavy atom. The highest BCUT2D eigenvalue weighted by atomic mass is 16.5. The van der Waals surface area contributed by atoms with Crippen molar-refractivity contribution in [3.63, 3.8) is 0 Å². The van der Waals surface area contributed by atoms with E-state index < -0.39 is 0 Å². The standard InChI is InChI=1S/C19H23N3O4/c1-13-6-3-4-8-16(13)19(24)22(11-15-7-5-9-25-15)12-18(23)20-17-10-14(2)26-21-17/h3-4,6,8,10,15H,5,7,9,11-12H2,1-2H3,(H,20,21,23). The second-order valence-corrected chi connectivity index (χ2v) is 6.51. The van der Waals surface area contributed by atoms with E-state index in [2.05, 4.69) is 10.5 Å². The van der Waals surface area contributed by atoms with Crippen LogP contribution in [-0.4, -0.2) is 47.7 Å². The van der Waals surface area contributed by atoms with Crippen molar-refractivity contribution in [3.8, 4) is 0 Å². The van der Waals surface area contributed by atoms with E-state index >= 15 is 0 Å². The van der Waals surface area contributed by atoms with Crippen molar-refractivity contribution in [3.05, 3.63) is 47.2 Å². The van der Waals surface area contributed by atoms with Crippen LogP contribution in [0.4, 0.5) is 5.82 Å². The fourth-order valence-corrected chi connectivity index (χ4v) is 3.02. The number of amides is 2. The van der Waals surface area contributed by atoms with Gasteiger partial charge in [0.25, 0.3) is 5.91 Å². The Labute approximate surface area is 152 Å². The largest absolute Gasteiger partial charge is 0.376 e. The molecule has 1 N–H and O–H groups in total. The quantitative estimate of drug-likeness (QED) is 0.859. The van der Waals surface area contributed by atoms with Crippen LogP contribution in [0.2, 0.25) is 0 Å². The number of carbonyl (C=O) groups is 2. The summed E-state index contributed by atoms with van der Waals surface area (Å²) in [5.41, 5.74) is 1.47. The maximum Gasteiger partial charge on any atom is 0.254 e. The second-order valence-electron chi connectivity index (χ2n) is 6.51. The Hall–Kier alpha value is -2.67. The Kier molecular flexibility index (Phi) is 5.68.